The molecule has 0 bridgehead atoms. The molecule has 3 rings (SSSR count). The smallest absolute Gasteiger partial charge is 0.390 e. The first-order valence-corrected chi connectivity index (χ1v) is 9.06. The predicted octanol–water partition coefficient (Wildman–Crippen LogP) is 5.84. The van der Waals surface area contributed by atoms with Gasteiger partial charge >= 0.3 is 6.18 Å². The minimum atomic E-state index is -4.22. The predicted molar refractivity (Wildman–Crippen MR) is 105 cm³/mol. The molecule has 0 fully saturated rings. The van der Waals surface area contributed by atoms with Crippen LogP contribution in [0.2, 0.25) is 0 Å². The number of pyridine rings is 1. The van der Waals surface area contributed by atoms with Gasteiger partial charge in [0.15, 0.2) is 11.5 Å². The monoisotopic (exact) mass is 402 g/mol. The number of ether oxygens (including phenoxy) is 2. The average Bonchev–Trinajstić information content (AvgIpc) is 2.72. The summed E-state index contributed by atoms with van der Waals surface area (Å²) in [6.45, 7) is 0.182. The van der Waals surface area contributed by atoms with Gasteiger partial charge in [0.2, 0.25) is 0 Å². The number of rotatable bonds is 8. The topological polar surface area (TPSA) is 34.6 Å². The Morgan fingerprint density at radius 1 is 0.931 bits per heavy atom. The van der Waals surface area contributed by atoms with Gasteiger partial charge in [0.25, 0.3) is 0 Å². The van der Waals surface area contributed by atoms with Crippen molar-refractivity contribution < 1.29 is 22.6 Å². The van der Waals surface area contributed by atoms with Crippen molar-refractivity contribution in [1.82, 2.24) is 4.98 Å². The highest BCUT2D eigenvalue weighted by Gasteiger charge is 2.28. The summed E-state index contributed by atoms with van der Waals surface area (Å²) in [7, 11) is 1.56. The van der Waals surface area contributed by atoms with E-state index in [1.54, 1.807) is 66.9 Å². The van der Waals surface area contributed by atoms with Crippen LogP contribution >= 0.6 is 0 Å². The number of hydrogen-bond donors (Lipinski definition) is 0. The first-order valence-electron chi connectivity index (χ1n) is 9.06. The second-order valence-corrected chi connectivity index (χ2v) is 6.39. The summed E-state index contributed by atoms with van der Waals surface area (Å²) in [5.41, 5.74) is 1.51. The van der Waals surface area contributed by atoms with Gasteiger partial charge in [0, 0.05) is 31.2 Å². The van der Waals surface area contributed by atoms with Crippen LogP contribution in [0.5, 0.6) is 17.2 Å². The lowest BCUT2D eigenvalue weighted by Gasteiger charge is -2.25. The summed E-state index contributed by atoms with van der Waals surface area (Å²) in [5, 5.41) is 0. The Morgan fingerprint density at radius 2 is 1.66 bits per heavy atom. The second-order valence-electron chi connectivity index (χ2n) is 6.39. The minimum Gasteiger partial charge on any atom is -0.493 e. The lowest BCUT2D eigenvalue weighted by molar-refractivity contribution is -0.132. The summed E-state index contributed by atoms with van der Waals surface area (Å²) < 4.78 is 49.4. The molecule has 0 aliphatic carbocycles. The molecule has 29 heavy (non-hydrogen) atoms. The Morgan fingerprint density at radius 3 is 2.28 bits per heavy atom. The second kappa shape index (κ2) is 9.32. The number of benzene rings is 2. The number of nitrogens with zero attached hydrogens (tertiary/aromatic N) is 2. The van der Waals surface area contributed by atoms with E-state index < -0.39 is 12.6 Å². The van der Waals surface area contributed by atoms with E-state index in [2.05, 4.69) is 4.98 Å². The Bertz CT molecular complexity index is 900. The van der Waals surface area contributed by atoms with Crippen LogP contribution in [0.1, 0.15) is 12.0 Å². The van der Waals surface area contributed by atoms with Crippen LogP contribution in [0.25, 0.3) is 0 Å². The molecule has 3 aromatic rings. The summed E-state index contributed by atoms with van der Waals surface area (Å²) in [6, 6.07) is 17.8. The highest BCUT2D eigenvalue weighted by Crippen LogP contribution is 2.32. The first kappa shape index (κ1) is 20.5. The maximum absolute atomic E-state index is 12.8. The summed E-state index contributed by atoms with van der Waals surface area (Å²) >= 11 is 0. The molecule has 0 spiro atoms. The van der Waals surface area contributed by atoms with Crippen LogP contribution in [-0.2, 0) is 6.54 Å². The zero-order valence-corrected chi connectivity index (χ0v) is 15.9. The van der Waals surface area contributed by atoms with E-state index in [1.807, 2.05) is 18.2 Å². The van der Waals surface area contributed by atoms with Crippen LogP contribution in [0, 0.1) is 0 Å². The van der Waals surface area contributed by atoms with E-state index in [1.165, 1.54) is 0 Å². The van der Waals surface area contributed by atoms with Gasteiger partial charge in [-0.05, 0) is 48.0 Å². The number of hydrogen-bond acceptors (Lipinski definition) is 4. The summed E-state index contributed by atoms with van der Waals surface area (Å²) in [5.74, 6) is 1.72. The molecule has 0 aliphatic rings. The van der Waals surface area contributed by atoms with E-state index in [0.29, 0.717) is 29.5 Å². The molecule has 152 valence electrons. The summed E-state index contributed by atoms with van der Waals surface area (Å²) in [6.07, 6.45) is -1.83. The van der Waals surface area contributed by atoms with Gasteiger partial charge in [-0.1, -0.05) is 18.2 Å². The van der Waals surface area contributed by atoms with Gasteiger partial charge in [-0.3, -0.25) is 4.98 Å². The first-order chi connectivity index (χ1) is 13.9. The van der Waals surface area contributed by atoms with Crippen LogP contribution in [0.3, 0.4) is 0 Å². The average molecular weight is 402 g/mol. The van der Waals surface area contributed by atoms with E-state index >= 15 is 0 Å². The normalized spacial score (nSPS) is 11.2. The summed E-state index contributed by atoms with van der Waals surface area (Å²) in [4.78, 5) is 5.71. The molecule has 1 aromatic heterocycles. The van der Waals surface area contributed by atoms with Crippen LogP contribution in [-0.4, -0.2) is 24.8 Å². The molecule has 4 nitrogen and oxygen atoms in total. The zero-order valence-electron chi connectivity index (χ0n) is 15.9. The van der Waals surface area contributed by atoms with Gasteiger partial charge in [-0.15, -0.1) is 0 Å². The van der Waals surface area contributed by atoms with Crippen molar-refractivity contribution >= 4 is 5.69 Å². The fourth-order valence-corrected chi connectivity index (χ4v) is 2.83. The molecule has 2 aromatic carbocycles. The number of alkyl halides is 3. The highest BCUT2D eigenvalue weighted by molar-refractivity contribution is 5.51. The molecule has 0 aliphatic heterocycles. The van der Waals surface area contributed by atoms with Gasteiger partial charge in [0.1, 0.15) is 5.75 Å². The molecule has 0 N–H and O–H groups in total. The van der Waals surface area contributed by atoms with Crippen molar-refractivity contribution in [2.45, 2.75) is 19.1 Å². The number of methoxy groups -OCH3 is 1. The molecule has 0 unspecified atom stereocenters. The molecule has 0 radical (unpaired) electrons. The van der Waals surface area contributed by atoms with Crippen LogP contribution < -0.4 is 14.4 Å². The third kappa shape index (κ3) is 6.14. The van der Waals surface area contributed by atoms with Crippen LogP contribution in [0.15, 0.2) is 73.1 Å². The number of aromatic nitrogens is 1. The van der Waals surface area contributed by atoms with Crippen LogP contribution in [0.4, 0.5) is 18.9 Å². The van der Waals surface area contributed by atoms with Crippen molar-refractivity contribution in [1.29, 1.82) is 0 Å². The fourth-order valence-electron chi connectivity index (χ4n) is 2.83. The Labute approximate surface area is 167 Å². The third-order valence-electron chi connectivity index (χ3n) is 4.26. The van der Waals surface area contributed by atoms with Gasteiger partial charge in [-0.25, -0.2) is 0 Å². The van der Waals surface area contributed by atoms with E-state index in [9.17, 15) is 13.2 Å². The number of anilines is 1. The molecular formula is C22H21F3N2O2. The minimum absolute atomic E-state index is 0.148. The van der Waals surface area contributed by atoms with Crippen molar-refractivity contribution in [2.75, 3.05) is 18.6 Å². The van der Waals surface area contributed by atoms with Crippen molar-refractivity contribution in [2.24, 2.45) is 0 Å². The zero-order chi connectivity index (χ0) is 20.7. The third-order valence-corrected chi connectivity index (χ3v) is 4.26. The highest BCUT2D eigenvalue weighted by atomic mass is 19.4. The van der Waals surface area contributed by atoms with Gasteiger partial charge in [0.05, 0.1) is 13.5 Å². The van der Waals surface area contributed by atoms with Gasteiger partial charge < -0.3 is 14.4 Å². The number of halogens is 3. The quantitative estimate of drug-likeness (QED) is 0.474. The molecule has 1 heterocycles. The Kier molecular flexibility index (Phi) is 6.59. The molecule has 0 saturated heterocycles. The van der Waals surface area contributed by atoms with E-state index in [0.717, 1.165) is 5.56 Å². The SMILES string of the molecule is COc1ccccc1Oc1ccc(N(CCC(F)(F)F)Cc2cccnc2)cc1. The van der Waals surface area contributed by atoms with E-state index in [4.69, 9.17) is 9.47 Å². The standard InChI is InChI=1S/C22H21F3N2O2/c1-28-20-6-2-3-7-21(20)29-19-10-8-18(9-11-19)27(14-12-22(23,24)25)16-17-5-4-13-26-15-17/h2-11,13,15H,12,14,16H2,1H3. The lowest BCUT2D eigenvalue weighted by atomic mass is 10.2. The van der Waals surface area contributed by atoms with Gasteiger partial charge in [-0.2, -0.15) is 13.2 Å². The van der Waals surface area contributed by atoms with Crippen molar-refractivity contribution in [3.05, 3.63) is 78.6 Å². The van der Waals surface area contributed by atoms with E-state index in [-0.39, 0.29) is 6.54 Å². The molecular weight excluding hydrogens is 381 g/mol. The molecule has 0 amide bonds. The Balaban J connectivity index is 1.76. The fraction of sp³-hybridized carbons (Fsp3) is 0.227. The molecule has 0 atom stereocenters. The molecule has 0 saturated carbocycles. The molecule has 7 heteroatoms. The maximum atomic E-state index is 12.8. The number of para-hydroxylation sites is 2. The lowest BCUT2D eigenvalue weighted by Crippen LogP contribution is -2.27. The van der Waals surface area contributed by atoms with Crippen molar-refractivity contribution in [3.8, 4) is 17.2 Å². The maximum Gasteiger partial charge on any atom is 0.390 e. The largest absolute Gasteiger partial charge is 0.493 e. The Hall–Kier alpha value is -3.22. The van der Waals surface area contributed by atoms with Crippen molar-refractivity contribution in [3.63, 3.8) is 0 Å².